The van der Waals surface area contributed by atoms with E-state index in [2.05, 4.69) is 43.4 Å². The van der Waals surface area contributed by atoms with Gasteiger partial charge in [0.2, 0.25) is 5.91 Å². The van der Waals surface area contributed by atoms with Crippen LogP contribution >= 0.6 is 12.4 Å². The number of halogens is 1. The fraction of sp³-hybridized carbons (Fsp3) is 0.650. The van der Waals surface area contributed by atoms with Crippen molar-refractivity contribution >= 4 is 18.3 Å². The number of nitrogens with two attached hydrogens (primary N) is 1. The Labute approximate surface area is 158 Å². The van der Waals surface area contributed by atoms with Crippen LogP contribution in [0.4, 0.5) is 0 Å². The smallest absolute Gasteiger partial charge is 0.222 e. The number of amides is 1. The van der Waals surface area contributed by atoms with E-state index in [1.807, 2.05) is 0 Å². The maximum absolute atomic E-state index is 12.2. The van der Waals surface area contributed by atoms with Crippen molar-refractivity contribution in [1.82, 2.24) is 5.32 Å². The predicted octanol–water partition coefficient (Wildman–Crippen LogP) is 3.52. The number of hydrogen-bond acceptors (Lipinski definition) is 3. The molecule has 0 saturated heterocycles. The third kappa shape index (κ3) is 5.70. The molecule has 1 aliphatic rings. The summed E-state index contributed by atoms with van der Waals surface area (Å²) >= 11 is 0. The fourth-order valence-corrected chi connectivity index (χ4v) is 3.65. The Bertz CT molecular complexity index is 521. The lowest BCUT2D eigenvalue weighted by atomic mass is 9.78. The van der Waals surface area contributed by atoms with Gasteiger partial charge in [0.15, 0.2) is 0 Å². The van der Waals surface area contributed by atoms with Gasteiger partial charge in [-0.25, -0.2) is 0 Å². The van der Waals surface area contributed by atoms with Crippen molar-refractivity contribution in [2.75, 3.05) is 20.2 Å². The van der Waals surface area contributed by atoms with Gasteiger partial charge in [-0.15, -0.1) is 12.4 Å². The Morgan fingerprint density at radius 1 is 1.24 bits per heavy atom. The van der Waals surface area contributed by atoms with E-state index in [-0.39, 0.29) is 29.8 Å². The van der Waals surface area contributed by atoms with E-state index >= 15 is 0 Å². The largest absolute Gasteiger partial charge is 0.380 e. The number of rotatable bonds is 8. The molecule has 1 aliphatic carbocycles. The van der Waals surface area contributed by atoms with Crippen molar-refractivity contribution in [3.63, 3.8) is 0 Å². The Morgan fingerprint density at radius 2 is 1.84 bits per heavy atom. The molecular weight excluding hydrogens is 336 g/mol. The van der Waals surface area contributed by atoms with Crippen molar-refractivity contribution < 1.29 is 9.53 Å². The molecule has 0 aromatic heterocycles. The predicted molar refractivity (Wildman–Crippen MR) is 105 cm³/mol. The van der Waals surface area contributed by atoms with Crippen LogP contribution in [0, 0.1) is 0 Å². The summed E-state index contributed by atoms with van der Waals surface area (Å²) in [6.45, 7) is 5.49. The molecule has 1 amide bonds. The standard InChI is InChI=1S/C20H32N2O2.ClH/c1-15(2)16-6-8-17(9-7-16)20(10-4-5-11-20)14-22-19(23)12-18(13-21)24-3;/h6-9,15,18H,4-5,10-14,21H2,1-3H3,(H,22,23);1H. The van der Waals surface area contributed by atoms with Crippen LogP contribution in [0.25, 0.3) is 0 Å². The molecular formula is C20H33ClN2O2. The summed E-state index contributed by atoms with van der Waals surface area (Å²) in [5, 5.41) is 3.13. The summed E-state index contributed by atoms with van der Waals surface area (Å²) in [6, 6.07) is 8.98. The van der Waals surface area contributed by atoms with E-state index in [1.54, 1.807) is 7.11 Å². The maximum Gasteiger partial charge on any atom is 0.222 e. The zero-order chi connectivity index (χ0) is 17.6. The number of ether oxygens (including phenoxy) is 1. The van der Waals surface area contributed by atoms with E-state index in [0.717, 1.165) is 12.8 Å². The van der Waals surface area contributed by atoms with Crippen molar-refractivity contribution in [3.8, 4) is 0 Å². The van der Waals surface area contributed by atoms with E-state index in [4.69, 9.17) is 10.5 Å². The monoisotopic (exact) mass is 368 g/mol. The molecule has 1 aromatic carbocycles. The molecule has 1 fully saturated rings. The molecule has 0 spiro atoms. The summed E-state index contributed by atoms with van der Waals surface area (Å²) in [4.78, 5) is 12.2. The van der Waals surface area contributed by atoms with Gasteiger partial charge in [0.05, 0.1) is 12.5 Å². The van der Waals surface area contributed by atoms with E-state index in [0.29, 0.717) is 25.4 Å². The zero-order valence-corrected chi connectivity index (χ0v) is 16.5. The first-order valence-electron chi connectivity index (χ1n) is 9.11. The maximum atomic E-state index is 12.2. The Balaban J connectivity index is 0.00000312. The van der Waals surface area contributed by atoms with E-state index in [1.165, 1.54) is 24.0 Å². The summed E-state index contributed by atoms with van der Waals surface area (Å²) in [6.07, 6.45) is 4.86. The van der Waals surface area contributed by atoms with Crippen LogP contribution in [-0.4, -0.2) is 32.2 Å². The molecule has 1 atom stereocenters. The van der Waals surface area contributed by atoms with Crippen LogP contribution in [0.2, 0.25) is 0 Å². The Kier molecular flexibility index (Phi) is 8.91. The lowest BCUT2D eigenvalue weighted by molar-refractivity contribution is -0.123. The minimum atomic E-state index is -0.199. The number of hydrogen-bond donors (Lipinski definition) is 2. The molecule has 0 heterocycles. The first-order chi connectivity index (χ1) is 11.5. The highest BCUT2D eigenvalue weighted by molar-refractivity contribution is 5.85. The average Bonchev–Trinajstić information content (AvgIpc) is 3.08. The number of methoxy groups -OCH3 is 1. The highest BCUT2D eigenvalue weighted by Crippen LogP contribution is 2.41. The van der Waals surface area contributed by atoms with Gasteiger partial charge >= 0.3 is 0 Å². The lowest BCUT2D eigenvalue weighted by Gasteiger charge is -2.30. The second-order valence-corrected chi connectivity index (χ2v) is 7.34. The molecule has 2 rings (SSSR count). The van der Waals surface area contributed by atoms with Gasteiger partial charge in [-0.05, 0) is 29.9 Å². The molecule has 1 aromatic rings. The molecule has 3 N–H and O–H groups in total. The highest BCUT2D eigenvalue weighted by Gasteiger charge is 2.36. The zero-order valence-electron chi connectivity index (χ0n) is 15.7. The summed E-state index contributed by atoms with van der Waals surface area (Å²) in [5.41, 5.74) is 8.40. The molecule has 4 nitrogen and oxygen atoms in total. The molecule has 0 radical (unpaired) electrons. The molecule has 5 heteroatoms. The second kappa shape index (κ2) is 10.1. The first kappa shape index (κ1) is 21.9. The Morgan fingerprint density at radius 3 is 2.32 bits per heavy atom. The van der Waals surface area contributed by atoms with Crippen LogP contribution in [-0.2, 0) is 14.9 Å². The molecule has 0 bridgehead atoms. The third-order valence-electron chi connectivity index (χ3n) is 5.38. The number of nitrogens with one attached hydrogen (secondary N) is 1. The lowest BCUT2D eigenvalue weighted by Crippen LogP contribution is -2.41. The van der Waals surface area contributed by atoms with Crippen molar-refractivity contribution in [2.45, 2.75) is 63.4 Å². The van der Waals surface area contributed by atoms with Crippen molar-refractivity contribution in [3.05, 3.63) is 35.4 Å². The van der Waals surface area contributed by atoms with Crippen LogP contribution in [0.1, 0.15) is 63.0 Å². The molecule has 1 saturated carbocycles. The number of carbonyl (C=O) groups excluding carboxylic acids is 1. The highest BCUT2D eigenvalue weighted by atomic mass is 35.5. The van der Waals surface area contributed by atoms with Crippen LogP contribution in [0.15, 0.2) is 24.3 Å². The SMILES string of the molecule is COC(CN)CC(=O)NCC1(c2ccc(C(C)C)cc2)CCCC1.Cl. The van der Waals surface area contributed by atoms with Crippen LogP contribution < -0.4 is 11.1 Å². The molecule has 1 unspecified atom stereocenters. The van der Waals surface area contributed by atoms with Gasteiger partial charge in [-0.1, -0.05) is 51.0 Å². The quantitative estimate of drug-likeness (QED) is 0.737. The second-order valence-electron chi connectivity index (χ2n) is 7.34. The van der Waals surface area contributed by atoms with Gasteiger partial charge < -0.3 is 15.8 Å². The van der Waals surface area contributed by atoms with E-state index < -0.39 is 0 Å². The molecule has 0 aliphatic heterocycles. The third-order valence-corrected chi connectivity index (χ3v) is 5.38. The minimum absolute atomic E-state index is 0. The summed E-state index contributed by atoms with van der Waals surface area (Å²) in [5.74, 6) is 0.567. The summed E-state index contributed by atoms with van der Waals surface area (Å²) in [7, 11) is 1.60. The van der Waals surface area contributed by atoms with Gasteiger partial charge in [-0.2, -0.15) is 0 Å². The topological polar surface area (TPSA) is 64.3 Å². The number of benzene rings is 1. The molecule has 25 heavy (non-hydrogen) atoms. The molecule has 142 valence electrons. The van der Waals surface area contributed by atoms with Gasteiger partial charge in [0, 0.05) is 25.6 Å². The summed E-state index contributed by atoms with van der Waals surface area (Å²) < 4.78 is 5.20. The van der Waals surface area contributed by atoms with Crippen molar-refractivity contribution in [1.29, 1.82) is 0 Å². The Hall–Kier alpha value is -1.10. The first-order valence-corrected chi connectivity index (χ1v) is 9.11. The minimum Gasteiger partial charge on any atom is -0.380 e. The van der Waals surface area contributed by atoms with Crippen molar-refractivity contribution in [2.24, 2.45) is 5.73 Å². The van der Waals surface area contributed by atoms with Crippen LogP contribution in [0.3, 0.4) is 0 Å². The fourth-order valence-electron chi connectivity index (χ4n) is 3.65. The van der Waals surface area contributed by atoms with Gasteiger partial charge in [0.25, 0.3) is 0 Å². The number of carbonyl (C=O) groups is 1. The van der Waals surface area contributed by atoms with E-state index in [9.17, 15) is 4.79 Å². The average molecular weight is 369 g/mol. The van der Waals surface area contributed by atoms with Gasteiger partial charge in [-0.3, -0.25) is 4.79 Å². The van der Waals surface area contributed by atoms with Gasteiger partial charge in [0.1, 0.15) is 0 Å². The normalized spacial score (nSPS) is 17.2. The van der Waals surface area contributed by atoms with Crippen LogP contribution in [0.5, 0.6) is 0 Å².